The Hall–Kier alpha value is -1.20. The van der Waals surface area contributed by atoms with E-state index in [1.807, 2.05) is 0 Å². The predicted octanol–water partition coefficient (Wildman–Crippen LogP) is 1.15. The van der Waals surface area contributed by atoms with Crippen LogP contribution in [0.5, 0.6) is 0 Å². The molecule has 0 aromatic carbocycles. The summed E-state index contributed by atoms with van der Waals surface area (Å²) in [5, 5.41) is 8.45. The molecular formula is C12H17FO4. The molecule has 0 heterocycles. The van der Waals surface area contributed by atoms with E-state index in [4.69, 9.17) is 14.6 Å². The van der Waals surface area contributed by atoms with Gasteiger partial charge in [0, 0.05) is 6.42 Å². The van der Waals surface area contributed by atoms with Gasteiger partial charge in [0.05, 0.1) is 26.2 Å². The van der Waals surface area contributed by atoms with Gasteiger partial charge in [-0.05, 0) is 6.08 Å². The summed E-state index contributed by atoms with van der Waals surface area (Å²) in [6.07, 6.45) is 4.89. The number of carbonyl (C=O) groups excluding carboxylic acids is 1. The van der Waals surface area contributed by atoms with Crippen molar-refractivity contribution in [2.24, 2.45) is 0 Å². The summed E-state index contributed by atoms with van der Waals surface area (Å²) in [7, 11) is 0. The SMILES string of the molecule is O=C(CCOCCO)O[C@@H]1C=CC=CC[C@@H]1F. The van der Waals surface area contributed by atoms with E-state index < -0.39 is 18.2 Å². The highest BCUT2D eigenvalue weighted by atomic mass is 19.1. The number of aliphatic hydroxyl groups excluding tert-OH is 1. The number of hydrogen-bond donors (Lipinski definition) is 1. The zero-order valence-corrected chi connectivity index (χ0v) is 9.55. The van der Waals surface area contributed by atoms with Crippen molar-refractivity contribution in [3.05, 3.63) is 24.3 Å². The monoisotopic (exact) mass is 244 g/mol. The summed E-state index contributed by atoms with van der Waals surface area (Å²) in [6.45, 7) is 0.274. The van der Waals surface area contributed by atoms with Gasteiger partial charge >= 0.3 is 5.97 Å². The number of halogens is 1. The van der Waals surface area contributed by atoms with Crippen molar-refractivity contribution in [2.75, 3.05) is 19.8 Å². The molecule has 5 heteroatoms. The minimum absolute atomic E-state index is 0.0600. The average Bonchev–Trinajstić information content (AvgIpc) is 2.51. The van der Waals surface area contributed by atoms with Gasteiger partial charge in [0.25, 0.3) is 0 Å². The van der Waals surface area contributed by atoms with Crippen molar-refractivity contribution >= 4 is 5.97 Å². The summed E-state index contributed by atoms with van der Waals surface area (Å²) in [4.78, 5) is 11.3. The first kappa shape index (κ1) is 13.9. The lowest BCUT2D eigenvalue weighted by Crippen LogP contribution is -2.26. The summed E-state index contributed by atoms with van der Waals surface area (Å²) in [6, 6.07) is 0. The molecule has 0 saturated heterocycles. The highest BCUT2D eigenvalue weighted by molar-refractivity contribution is 5.69. The lowest BCUT2D eigenvalue weighted by Gasteiger charge is -2.16. The van der Waals surface area contributed by atoms with Gasteiger partial charge in [-0.25, -0.2) is 4.39 Å². The second-order valence-corrected chi connectivity index (χ2v) is 3.61. The smallest absolute Gasteiger partial charge is 0.308 e. The third-order valence-corrected chi connectivity index (χ3v) is 2.22. The van der Waals surface area contributed by atoms with Gasteiger partial charge in [0.2, 0.25) is 0 Å². The van der Waals surface area contributed by atoms with E-state index in [0.29, 0.717) is 0 Å². The minimum Gasteiger partial charge on any atom is -0.455 e. The number of aliphatic hydroxyl groups is 1. The highest BCUT2D eigenvalue weighted by Gasteiger charge is 2.22. The number of alkyl halides is 1. The molecule has 17 heavy (non-hydrogen) atoms. The van der Waals surface area contributed by atoms with Crippen LogP contribution >= 0.6 is 0 Å². The van der Waals surface area contributed by atoms with Crippen LogP contribution in [0.3, 0.4) is 0 Å². The third-order valence-electron chi connectivity index (χ3n) is 2.22. The first-order chi connectivity index (χ1) is 8.24. The molecule has 0 bridgehead atoms. The Morgan fingerprint density at radius 3 is 3.00 bits per heavy atom. The fourth-order valence-electron chi connectivity index (χ4n) is 1.36. The number of allylic oxidation sites excluding steroid dienone is 3. The first-order valence-electron chi connectivity index (χ1n) is 5.59. The molecule has 0 fully saturated rings. The number of carbonyl (C=O) groups is 1. The van der Waals surface area contributed by atoms with Gasteiger partial charge in [-0.1, -0.05) is 18.2 Å². The molecule has 96 valence electrons. The van der Waals surface area contributed by atoms with Crippen molar-refractivity contribution in [3.63, 3.8) is 0 Å². The van der Waals surface area contributed by atoms with Crippen LogP contribution in [0, 0.1) is 0 Å². The summed E-state index contributed by atoms with van der Waals surface area (Å²) >= 11 is 0. The van der Waals surface area contributed by atoms with Crippen molar-refractivity contribution in [2.45, 2.75) is 25.1 Å². The molecule has 1 rings (SSSR count). The standard InChI is InChI=1S/C12H17FO4/c13-10-4-2-1-3-5-11(10)17-12(15)6-8-16-9-7-14/h1-3,5,10-11,14H,4,6-9H2/t10-,11+/m0/s1. The fraction of sp³-hybridized carbons (Fsp3) is 0.583. The average molecular weight is 244 g/mol. The van der Waals surface area contributed by atoms with Crippen LogP contribution in [-0.4, -0.2) is 43.2 Å². The molecule has 0 spiro atoms. The summed E-state index contributed by atoms with van der Waals surface area (Å²) in [5.41, 5.74) is 0. The molecular weight excluding hydrogens is 227 g/mol. The normalized spacial score (nSPS) is 23.4. The largest absolute Gasteiger partial charge is 0.455 e. The van der Waals surface area contributed by atoms with E-state index in [0.717, 1.165) is 0 Å². The fourth-order valence-corrected chi connectivity index (χ4v) is 1.36. The molecule has 1 N–H and O–H groups in total. The van der Waals surface area contributed by atoms with Gasteiger partial charge in [-0.2, -0.15) is 0 Å². The van der Waals surface area contributed by atoms with Crippen LogP contribution in [0.4, 0.5) is 4.39 Å². The van der Waals surface area contributed by atoms with Crippen LogP contribution in [0.15, 0.2) is 24.3 Å². The number of hydrogen-bond acceptors (Lipinski definition) is 4. The Morgan fingerprint density at radius 1 is 1.41 bits per heavy atom. The molecule has 0 aromatic rings. The van der Waals surface area contributed by atoms with E-state index in [9.17, 15) is 9.18 Å². The van der Waals surface area contributed by atoms with Crippen LogP contribution in [0.1, 0.15) is 12.8 Å². The predicted molar refractivity (Wildman–Crippen MR) is 60.2 cm³/mol. The van der Waals surface area contributed by atoms with Crippen molar-refractivity contribution in [1.82, 2.24) is 0 Å². The Morgan fingerprint density at radius 2 is 2.24 bits per heavy atom. The van der Waals surface area contributed by atoms with Crippen molar-refractivity contribution in [3.8, 4) is 0 Å². The lowest BCUT2D eigenvalue weighted by molar-refractivity contribution is -0.150. The van der Waals surface area contributed by atoms with Crippen molar-refractivity contribution < 1.29 is 23.8 Å². The molecule has 1 aliphatic carbocycles. The Bertz CT molecular complexity index is 288. The van der Waals surface area contributed by atoms with E-state index in [1.165, 1.54) is 6.08 Å². The van der Waals surface area contributed by atoms with Crippen LogP contribution in [0.2, 0.25) is 0 Å². The summed E-state index contributed by atoms with van der Waals surface area (Å²) < 4.78 is 23.4. The van der Waals surface area contributed by atoms with E-state index in [1.54, 1.807) is 18.2 Å². The second kappa shape index (κ2) is 7.97. The molecule has 0 radical (unpaired) electrons. The van der Waals surface area contributed by atoms with Crippen molar-refractivity contribution in [1.29, 1.82) is 0 Å². The molecule has 0 unspecified atom stereocenters. The number of rotatable bonds is 6. The van der Waals surface area contributed by atoms with E-state index in [-0.39, 0.29) is 32.7 Å². The van der Waals surface area contributed by atoms with E-state index in [2.05, 4.69) is 0 Å². The number of esters is 1. The molecule has 2 atom stereocenters. The molecule has 0 aromatic heterocycles. The van der Waals surface area contributed by atoms with E-state index >= 15 is 0 Å². The zero-order chi connectivity index (χ0) is 12.5. The maximum Gasteiger partial charge on any atom is 0.308 e. The van der Waals surface area contributed by atoms with Gasteiger partial charge < -0.3 is 14.6 Å². The number of ether oxygens (including phenoxy) is 2. The van der Waals surface area contributed by atoms with Crippen LogP contribution in [-0.2, 0) is 14.3 Å². The van der Waals surface area contributed by atoms with Crippen LogP contribution < -0.4 is 0 Å². The van der Waals surface area contributed by atoms with Crippen LogP contribution in [0.25, 0.3) is 0 Å². The maximum atomic E-state index is 13.5. The molecule has 0 aliphatic heterocycles. The summed E-state index contributed by atoms with van der Waals surface area (Å²) in [5.74, 6) is -0.498. The van der Waals surface area contributed by atoms with Gasteiger partial charge in [-0.3, -0.25) is 4.79 Å². The first-order valence-corrected chi connectivity index (χ1v) is 5.59. The second-order valence-electron chi connectivity index (χ2n) is 3.61. The maximum absolute atomic E-state index is 13.5. The van der Waals surface area contributed by atoms with Gasteiger partial charge in [-0.15, -0.1) is 0 Å². The Kier molecular flexibility index (Phi) is 6.50. The Labute approximate surface area is 99.7 Å². The molecule has 4 nitrogen and oxygen atoms in total. The zero-order valence-electron chi connectivity index (χ0n) is 9.55. The lowest BCUT2D eigenvalue weighted by atomic mass is 10.2. The minimum atomic E-state index is -1.20. The molecule has 0 amide bonds. The van der Waals surface area contributed by atoms with Gasteiger partial charge in [0.1, 0.15) is 6.17 Å². The topological polar surface area (TPSA) is 55.8 Å². The Balaban J connectivity index is 2.25. The highest BCUT2D eigenvalue weighted by Crippen LogP contribution is 2.14. The molecule has 0 saturated carbocycles. The van der Waals surface area contributed by atoms with Gasteiger partial charge in [0.15, 0.2) is 6.10 Å². The third kappa shape index (κ3) is 5.60. The quantitative estimate of drug-likeness (QED) is 0.562. The molecule has 1 aliphatic rings.